The molecular weight excluding hydrogens is 176 g/mol. The fourth-order valence-corrected chi connectivity index (χ4v) is 2.04. The van der Waals surface area contributed by atoms with Gasteiger partial charge in [0.05, 0.1) is 0 Å². The molecule has 1 amide bonds. The van der Waals surface area contributed by atoms with Crippen LogP contribution >= 0.6 is 0 Å². The van der Waals surface area contributed by atoms with Crippen LogP contribution < -0.4 is 5.32 Å². The fourth-order valence-electron chi connectivity index (χ4n) is 2.04. The average molecular weight is 198 g/mol. The molecule has 1 atom stereocenters. The lowest BCUT2D eigenvalue weighted by molar-refractivity contribution is -0.110. The molecule has 0 aromatic heterocycles. The molecule has 14 heavy (non-hydrogen) atoms. The molecule has 1 fully saturated rings. The van der Waals surface area contributed by atoms with Gasteiger partial charge in [0.1, 0.15) is 0 Å². The molecule has 0 saturated carbocycles. The Bertz CT molecular complexity index is 161. The molecule has 82 valence electrons. The van der Waals surface area contributed by atoms with Gasteiger partial charge < -0.3 is 10.2 Å². The smallest absolute Gasteiger partial charge is 0.207 e. The monoisotopic (exact) mass is 198 g/mol. The van der Waals surface area contributed by atoms with E-state index >= 15 is 0 Å². The van der Waals surface area contributed by atoms with E-state index in [9.17, 15) is 4.79 Å². The molecular formula is C11H22N2O. The highest BCUT2D eigenvalue weighted by Gasteiger charge is 2.16. The lowest BCUT2D eigenvalue weighted by Gasteiger charge is -2.23. The third kappa shape index (κ3) is 4.09. The molecule has 0 aromatic carbocycles. The molecule has 3 nitrogen and oxygen atoms in total. The number of hydrogen-bond acceptors (Lipinski definition) is 2. The van der Waals surface area contributed by atoms with Crippen LogP contribution in [0, 0.1) is 0 Å². The first-order valence-electron chi connectivity index (χ1n) is 5.79. The van der Waals surface area contributed by atoms with Gasteiger partial charge in [-0.3, -0.25) is 4.79 Å². The van der Waals surface area contributed by atoms with Crippen molar-refractivity contribution in [1.29, 1.82) is 0 Å². The molecule has 0 radical (unpaired) electrons. The number of rotatable bonds is 5. The Hall–Kier alpha value is -0.570. The Morgan fingerprint density at radius 1 is 1.50 bits per heavy atom. The van der Waals surface area contributed by atoms with Crippen molar-refractivity contribution in [2.24, 2.45) is 0 Å². The highest BCUT2D eigenvalue weighted by molar-refractivity contribution is 5.46. The third-order valence-corrected chi connectivity index (χ3v) is 2.89. The van der Waals surface area contributed by atoms with Crippen LogP contribution in [-0.4, -0.2) is 37.0 Å². The van der Waals surface area contributed by atoms with Gasteiger partial charge in [0.2, 0.25) is 6.41 Å². The van der Waals surface area contributed by atoms with Gasteiger partial charge in [0.25, 0.3) is 0 Å². The van der Waals surface area contributed by atoms with Crippen molar-refractivity contribution in [3.8, 4) is 0 Å². The number of nitrogens with zero attached hydrogens (tertiary/aromatic N) is 1. The molecule has 0 aromatic rings. The minimum atomic E-state index is 0.381. The zero-order valence-corrected chi connectivity index (χ0v) is 9.17. The molecule has 0 spiro atoms. The number of unbranched alkanes of at least 4 members (excludes halogenated alkanes) is 1. The van der Waals surface area contributed by atoms with Crippen LogP contribution in [0.3, 0.4) is 0 Å². The van der Waals surface area contributed by atoms with E-state index in [0.29, 0.717) is 6.04 Å². The van der Waals surface area contributed by atoms with Crippen LogP contribution in [0.5, 0.6) is 0 Å². The Kier molecular flexibility index (Phi) is 5.60. The van der Waals surface area contributed by atoms with Gasteiger partial charge in [-0.05, 0) is 32.4 Å². The summed E-state index contributed by atoms with van der Waals surface area (Å²) in [5, 5.41) is 2.91. The maximum absolute atomic E-state index is 10.4. The number of nitrogens with one attached hydrogen (secondary N) is 1. The first kappa shape index (κ1) is 11.5. The van der Waals surface area contributed by atoms with Crippen LogP contribution in [0.4, 0.5) is 0 Å². The molecule has 3 heteroatoms. The van der Waals surface area contributed by atoms with Crippen LogP contribution in [0.1, 0.15) is 39.0 Å². The van der Waals surface area contributed by atoms with E-state index in [1.54, 1.807) is 0 Å². The van der Waals surface area contributed by atoms with Crippen LogP contribution in [0.25, 0.3) is 0 Å². The quantitative estimate of drug-likeness (QED) is 0.677. The number of likely N-dealkylation sites (tertiary alicyclic amines) is 1. The third-order valence-electron chi connectivity index (χ3n) is 2.89. The minimum Gasteiger partial charge on any atom is -0.355 e. The Balaban J connectivity index is 2.30. The number of hydrogen-bond donors (Lipinski definition) is 1. The average Bonchev–Trinajstić information content (AvgIpc) is 2.41. The first-order chi connectivity index (χ1) is 6.86. The highest BCUT2D eigenvalue weighted by atomic mass is 16.1. The summed E-state index contributed by atoms with van der Waals surface area (Å²) in [6.07, 6.45) is 7.03. The van der Waals surface area contributed by atoms with E-state index in [1.807, 2.05) is 0 Å². The van der Waals surface area contributed by atoms with Gasteiger partial charge >= 0.3 is 0 Å². The maximum atomic E-state index is 10.4. The SMILES string of the molecule is CCCCN1CCCCC(NC=O)C1. The van der Waals surface area contributed by atoms with E-state index in [-0.39, 0.29) is 0 Å². The van der Waals surface area contributed by atoms with Crippen molar-refractivity contribution in [1.82, 2.24) is 10.2 Å². The van der Waals surface area contributed by atoms with Crippen molar-refractivity contribution in [2.45, 2.75) is 45.1 Å². The second-order valence-electron chi connectivity index (χ2n) is 4.13. The molecule has 1 heterocycles. The van der Waals surface area contributed by atoms with Crippen molar-refractivity contribution in [2.75, 3.05) is 19.6 Å². The molecule has 1 unspecified atom stereocenters. The lowest BCUT2D eigenvalue weighted by atomic mass is 10.1. The van der Waals surface area contributed by atoms with Gasteiger partial charge in [0.15, 0.2) is 0 Å². The molecule has 1 aliphatic rings. The van der Waals surface area contributed by atoms with Gasteiger partial charge in [-0.2, -0.15) is 0 Å². The van der Waals surface area contributed by atoms with Crippen molar-refractivity contribution in [3.05, 3.63) is 0 Å². The number of carbonyl (C=O) groups is 1. The van der Waals surface area contributed by atoms with Gasteiger partial charge in [-0.25, -0.2) is 0 Å². The van der Waals surface area contributed by atoms with E-state index < -0.39 is 0 Å². The Labute approximate surface area is 86.9 Å². The molecule has 1 rings (SSSR count). The van der Waals surface area contributed by atoms with Crippen LogP contribution in [-0.2, 0) is 4.79 Å². The summed E-state index contributed by atoms with van der Waals surface area (Å²) in [7, 11) is 0. The molecule has 1 saturated heterocycles. The Morgan fingerprint density at radius 3 is 3.07 bits per heavy atom. The minimum absolute atomic E-state index is 0.381. The zero-order valence-electron chi connectivity index (χ0n) is 9.17. The number of carbonyl (C=O) groups excluding carboxylic acids is 1. The summed E-state index contributed by atoms with van der Waals surface area (Å²) in [6.45, 7) is 5.66. The van der Waals surface area contributed by atoms with Crippen LogP contribution in [0.2, 0.25) is 0 Å². The van der Waals surface area contributed by atoms with Crippen molar-refractivity contribution >= 4 is 6.41 Å². The second-order valence-corrected chi connectivity index (χ2v) is 4.13. The molecule has 1 N–H and O–H groups in total. The predicted octanol–water partition coefficient (Wildman–Crippen LogP) is 1.39. The van der Waals surface area contributed by atoms with Crippen molar-refractivity contribution in [3.63, 3.8) is 0 Å². The maximum Gasteiger partial charge on any atom is 0.207 e. The van der Waals surface area contributed by atoms with Crippen LogP contribution in [0.15, 0.2) is 0 Å². The Morgan fingerprint density at radius 2 is 2.36 bits per heavy atom. The van der Waals surface area contributed by atoms with E-state index in [2.05, 4.69) is 17.1 Å². The second kappa shape index (κ2) is 6.82. The summed E-state index contributed by atoms with van der Waals surface area (Å²) in [5.41, 5.74) is 0. The highest BCUT2D eigenvalue weighted by Crippen LogP contribution is 2.10. The largest absolute Gasteiger partial charge is 0.355 e. The van der Waals surface area contributed by atoms with E-state index in [0.717, 1.165) is 19.4 Å². The molecule has 0 aliphatic carbocycles. The predicted molar refractivity (Wildman–Crippen MR) is 58.2 cm³/mol. The van der Waals surface area contributed by atoms with Crippen molar-refractivity contribution < 1.29 is 4.79 Å². The van der Waals surface area contributed by atoms with Gasteiger partial charge in [0, 0.05) is 12.6 Å². The summed E-state index contributed by atoms with van der Waals surface area (Å²) >= 11 is 0. The van der Waals surface area contributed by atoms with E-state index in [1.165, 1.54) is 38.8 Å². The first-order valence-corrected chi connectivity index (χ1v) is 5.79. The normalized spacial score (nSPS) is 24.2. The van der Waals surface area contributed by atoms with Gasteiger partial charge in [-0.15, -0.1) is 0 Å². The topological polar surface area (TPSA) is 32.3 Å². The standard InChI is InChI=1S/C11H22N2O/c1-2-3-7-13-8-5-4-6-11(9-13)12-10-14/h10-11H,2-9H2,1H3,(H,12,14). The summed E-state index contributed by atoms with van der Waals surface area (Å²) in [6, 6.07) is 0.381. The molecule has 0 bridgehead atoms. The van der Waals surface area contributed by atoms with E-state index in [4.69, 9.17) is 0 Å². The van der Waals surface area contributed by atoms with Gasteiger partial charge in [-0.1, -0.05) is 19.8 Å². The summed E-state index contributed by atoms with van der Waals surface area (Å²) in [5.74, 6) is 0. The fraction of sp³-hybridized carbons (Fsp3) is 0.909. The zero-order chi connectivity index (χ0) is 10.2. The number of amides is 1. The summed E-state index contributed by atoms with van der Waals surface area (Å²) < 4.78 is 0. The lowest BCUT2D eigenvalue weighted by Crippen LogP contribution is -2.39. The molecule has 1 aliphatic heterocycles. The summed E-state index contributed by atoms with van der Waals surface area (Å²) in [4.78, 5) is 12.9.